The molecule has 0 saturated heterocycles. The lowest BCUT2D eigenvalue weighted by atomic mass is 9.92. The van der Waals surface area contributed by atoms with Crippen LogP contribution in [0.5, 0.6) is 0 Å². The topological polar surface area (TPSA) is 41.8 Å². The number of halogens is 2. The molecule has 0 radical (unpaired) electrons. The van der Waals surface area contributed by atoms with Gasteiger partial charge in [0.05, 0.1) is 21.9 Å². The summed E-state index contributed by atoms with van der Waals surface area (Å²) in [4.78, 5) is 5.22. The van der Waals surface area contributed by atoms with Crippen LogP contribution < -0.4 is 0 Å². The second-order valence-corrected chi connectivity index (χ2v) is 4.99. The van der Waals surface area contributed by atoms with E-state index in [-0.39, 0.29) is 12.0 Å². The van der Waals surface area contributed by atoms with Crippen LogP contribution in [0.3, 0.4) is 0 Å². The third-order valence-electron chi connectivity index (χ3n) is 2.89. The van der Waals surface area contributed by atoms with Crippen molar-refractivity contribution < 1.29 is 9.94 Å². The van der Waals surface area contributed by atoms with Crippen molar-refractivity contribution in [3.63, 3.8) is 0 Å². The molecule has 0 amide bonds. The third kappa shape index (κ3) is 2.28. The van der Waals surface area contributed by atoms with Gasteiger partial charge in [-0.3, -0.25) is 0 Å². The molecule has 1 aliphatic heterocycles. The monoisotopic (exact) mass is 273 g/mol. The quantitative estimate of drug-likeness (QED) is 0.900. The summed E-state index contributed by atoms with van der Waals surface area (Å²) in [6.07, 6.45) is -0.940. The highest BCUT2D eigenvalue weighted by molar-refractivity contribution is 6.40. The molecule has 1 aromatic rings. The van der Waals surface area contributed by atoms with E-state index in [0.29, 0.717) is 21.3 Å². The zero-order chi connectivity index (χ0) is 12.6. The molecule has 5 heteroatoms. The number of nitrogens with zero attached hydrogens (tertiary/aromatic N) is 1. The van der Waals surface area contributed by atoms with E-state index in [1.807, 2.05) is 6.92 Å². The molecule has 1 N–H and O–H groups in total. The van der Waals surface area contributed by atoms with E-state index in [2.05, 4.69) is 5.16 Å². The van der Waals surface area contributed by atoms with Crippen LogP contribution in [0.15, 0.2) is 23.4 Å². The molecule has 92 valence electrons. The Bertz CT molecular complexity index is 440. The molecular formula is C12H13Cl2NO2. The van der Waals surface area contributed by atoms with Crippen LogP contribution in [-0.2, 0) is 4.84 Å². The number of benzene rings is 1. The first-order valence-corrected chi connectivity index (χ1v) is 6.14. The van der Waals surface area contributed by atoms with Gasteiger partial charge in [-0.2, -0.15) is 0 Å². The minimum atomic E-state index is -0.590. The first-order valence-electron chi connectivity index (χ1n) is 5.38. The van der Waals surface area contributed by atoms with Crippen molar-refractivity contribution in [2.24, 2.45) is 11.1 Å². The van der Waals surface area contributed by atoms with Crippen molar-refractivity contribution in [3.8, 4) is 0 Å². The number of aliphatic hydroxyl groups excluding tert-OH is 1. The van der Waals surface area contributed by atoms with Gasteiger partial charge in [-0.1, -0.05) is 41.3 Å². The first kappa shape index (κ1) is 12.7. The van der Waals surface area contributed by atoms with E-state index in [9.17, 15) is 5.11 Å². The van der Waals surface area contributed by atoms with Gasteiger partial charge in [-0.25, -0.2) is 0 Å². The summed E-state index contributed by atoms with van der Waals surface area (Å²) in [7, 11) is 0. The molecule has 3 atom stereocenters. The van der Waals surface area contributed by atoms with Gasteiger partial charge in [-0.05, 0) is 19.1 Å². The van der Waals surface area contributed by atoms with Crippen LogP contribution in [0.2, 0.25) is 10.0 Å². The Hall–Kier alpha value is -0.770. The molecule has 1 aliphatic rings. The summed E-state index contributed by atoms with van der Waals surface area (Å²) < 4.78 is 0. The van der Waals surface area contributed by atoms with E-state index in [1.54, 1.807) is 25.1 Å². The summed E-state index contributed by atoms with van der Waals surface area (Å²) in [5.74, 6) is -0.0487. The van der Waals surface area contributed by atoms with E-state index < -0.39 is 6.10 Å². The molecule has 0 bridgehead atoms. The number of aliphatic hydroxyl groups is 1. The predicted octanol–water partition coefficient (Wildman–Crippen LogP) is 3.11. The minimum Gasteiger partial charge on any atom is -0.389 e. The molecule has 17 heavy (non-hydrogen) atoms. The molecule has 0 aliphatic carbocycles. The summed E-state index contributed by atoms with van der Waals surface area (Å²) in [5.41, 5.74) is 1.37. The highest BCUT2D eigenvalue weighted by atomic mass is 35.5. The fourth-order valence-corrected chi connectivity index (χ4v) is 2.56. The van der Waals surface area contributed by atoms with Gasteiger partial charge in [0.15, 0.2) is 6.10 Å². The number of rotatable bonds is 2. The molecule has 0 saturated carbocycles. The Labute approximate surface area is 110 Å². The Morgan fingerprint density at radius 3 is 2.41 bits per heavy atom. The van der Waals surface area contributed by atoms with Gasteiger partial charge < -0.3 is 9.94 Å². The van der Waals surface area contributed by atoms with Gasteiger partial charge >= 0.3 is 0 Å². The fraction of sp³-hybridized carbons (Fsp3) is 0.417. The second kappa shape index (κ2) is 4.84. The summed E-state index contributed by atoms with van der Waals surface area (Å²) >= 11 is 12.2. The maximum absolute atomic E-state index is 9.56. The van der Waals surface area contributed by atoms with Gasteiger partial charge in [0.25, 0.3) is 0 Å². The SMILES string of the molecule is C[C@H](O)[C@H]1ON=C(c2c(Cl)cccc2Cl)[C@@H]1C. The molecule has 0 fully saturated rings. The second-order valence-electron chi connectivity index (χ2n) is 4.17. The Morgan fingerprint density at radius 2 is 1.94 bits per heavy atom. The van der Waals surface area contributed by atoms with Crippen molar-refractivity contribution >= 4 is 28.9 Å². The van der Waals surface area contributed by atoms with Gasteiger partial charge in [0.2, 0.25) is 0 Å². The molecular weight excluding hydrogens is 261 g/mol. The van der Waals surface area contributed by atoms with Crippen LogP contribution in [0.1, 0.15) is 19.4 Å². The van der Waals surface area contributed by atoms with E-state index in [4.69, 9.17) is 28.0 Å². The van der Waals surface area contributed by atoms with Crippen molar-refractivity contribution in [1.29, 1.82) is 0 Å². The largest absolute Gasteiger partial charge is 0.389 e. The van der Waals surface area contributed by atoms with Crippen LogP contribution in [0.4, 0.5) is 0 Å². The highest BCUT2D eigenvalue weighted by Crippen LogP contribution is 2.32. The molecule has 1 heterocycles. The van der Waals surface area contributed by atoms with Crippen molar-refractivity contribution in [2.45, 2.75) is 26.1 Å². The molecule has 0 aromatic heterocycles. The van der Waals surface area contributed by atoms with Gasteiger partial charge in [0.1, 0.15) is 0 Å². The van der Waals surface area contributed by atoms with E-state index >= 15 is 0 Å². The summed E-state index contributed by atoms with van der Waals surface area (Å²) in [6, 6.07) is 5.29. The summed E-state index contributed by atoms with van der Waals surface area (Å²) in [6.45, 7) is 3.61. The van der Waals surface area contributed by atoms with Crippen LogP contribution in [0.25, 0.3) is 0 Å². The summed E-state index contributed by atoms with van der Waals surface area (Å²) in [5, 5.41) is 14.6. The fourth-order valence-electron chi connectivity index (χ4n) is 1.97. The van der Waals surface area contributed by atoms with Crippen molar-refractivity contribution in [2.75, 3.05) is 0 Å². The Morgan fingerprint density at radius 1 is 1.35 bits per heavy atom. The Balaban J connectivity index is 2.37. The van der Waals surface area contributed by atoms with Gasteiger partial charge in [-0.15, -0.1) is 0 Å². The lowest BCUT2D eigenvalue weighted by Crippen LogP contribution is -2.31. The van der Waals surface area contributed by atoms with Gasteiger partial charge in [0, 0.05) is 11.5 Å². The lowest BCUT2D eigenvalue weighted by Gasteiger charge is -2.17. The zero-order valence-corrected chi connectivity index (χ0v) is 11.0. The maximum atomic E-state index is 9.56. The first-order chi connectivity index (χ1) is 8.02. The average Bonchev–Trinajstić information content (AvgIpc) is 2.61. The average molecular weight is 274 g/mol. The molecule has 2 rings (SSSR count). The minimum absolute atomic E-state index is 0.0487. The molecule has 1 aromatic carbocycles. The van der Waals surface area contributed by atoms with Crippen LogP contribution in [-0.4, -0.2) is 23.0 Å². The molecule has 0 spiro atoms. The van der Waals surface area contributed by atoms with Crippen molar-refractivity contribution in [3.05, 3.63) is 33.8 Å². The van der Waals surface area contributed by atoms with Crippen LogP contribution in [0, 0.1) is 5.92 Å². The maximum Gasteiger partial charge on any atom is 0.161 e. The van der Waals surface area contributed by atoms with E-state index in [1.165, 1.54) is 0 Å². The smallest absolute Gasteiger partial charge is 0.161 e. The zero-order valence-electron chi connectivity index (χ0n) is 9.52. The third-order valence-corrected chi connectivity index (χ3v) is 3.52. The lowest BCUT2D eigenvalue weighted by molar-refractivity contribution is -0.0242. The number of hydrogen-bond donors (Lipinski definition) is 1. The Kier molecular flexibility index (Phi) is 3.61. The molecule has 0 unspecified atom stereocenters. The number of hydrogen-bond acceptors (Lipinski definition) is 3. The highest BCUT2D eigenvalue weighted by Gasteiger charge is 2.36. The standard InChI is InChI=1S/C12H13Cl2NO2/c1-6-11(15-17-12(6)7(2)16)10-8(13)4-3-5-9(10)14/h3-7,12,16H,1-2H3/t6-,7-,12-/m0/s1. The molecule has 3 nitrogen and oxygen atoms in total. The predicted molar refractivity (Wildman–Crippen MR) is 68.7 cm³/mol. The normalized spacial score (nSPS) is 25.4. The van der Waals surface area contributed by atoms with Crippen LogP contribution >= 0.6 is 23.2 Å². The number of oxime groups is 1. The van der Waals surface area contributed by atoms with E-state index in [0.717, 1.165) is 0 Å². The van der Waals surface area contributed by atoms with Crippen molar-refractivity contribution in [1.82, 2.24) is 0 Å².